The van der Waals surface area contributed by atoms with Gasteiger partial charge in [-0.1, -0.05) is 25.5 Å². The molecule has 0 aromatic heterocycles. The average molecular weight is 277 g/mol. The molecule has 0 amide bonds. The van der Waals surface area contributed by atoms with Gasteiger partial charge < -0.3 is 4.74 Å². The lowest BCUT2D eigenvalue weighted by molar-refractivity contribution is 0.318. The Kier molecular flexibility index (Phi) is 5.78. The van der Waals surface area contributed by atoms with Crippen LogP contribution in [0.3, 0.4) is 0 Å². The van der Waals surface area contributed by atoms with E-state index < -0.39 is 9.05 Å². The molecule has 96 valence electrons. The van der Waals surface area contributed by atoms with Crippen molar-refractivity contribution in [3.63, 3.8) is 0 Å². The normalized spacial score (nSPS) is 11.4. The topological polar surface area (TPSA) is 43.4 Å². The fourth-order valence-electron chi connectivity index (χ4n) is 1.46. The molecule has 0 bridgehead atoms. The summed E-state index contributed by atoms with van der Waals surface area (Å²) < 4.78 is 26.7. The van der Waals surface area contributed by atoms with Gasteiger partial charge in [0, 0.05) is 10.7 Å². The van der Waals surface area contributed by atoms with Gasteiger partial charge in [-0.05, 0) is 30.5 Å². The van der Waals surface area contributed by atoms with Gasteiger partial charge >= 0.3 is 0 Å². The molecular formula is C12H17ClO3S. The van der Waals surface area contributed by atoms with Crippen molar-refractivity contribution in [2.45, 2.75) is 26.2 Å². The number of aryl methyl sites for hydroxylation is 1. The van der Waals surface area contributed by atoms with Gasteiger partial charge in [-0.2, -0.15) is 0 Å². The zero-order valence-corrected chi connectivity index (χ0v) is 11.4. The molecule has 1 aromatic rings. The third-order valence-corrected chi connectivity index (χ3v) is 3.50. The summed E-state index contributed by atoms with van der Waals surface area (Å²) in [5.74, 6) is 0.708. The largest absolute Gasteiger partial charge is 0.494 e. The van der Waals surface area contributed by atoms with Crippen LogP contribution in [0.1, 0.15) is 25.3 Å². The highest BCUT2D eigenvalue weighted by Gasteiger charge is 2.04. The monoisotopic (exact) mass is 276 g/mol. The van der Waals surface area contributed by atoms with Crippen LogP contribution in [0.15, 0.2) is 24.3 Å². The lowest BCUT2D eigenvalue weighted by atomic mass is 10.1. The Morgan fingerprint density at radius 1 is 1.24 bits per heavy atom. The smallest absolute Gasteiger partial charge is 0.232 e. The van der Waals surface area contributed by atoms with Crippen molar-refractivity contribution in [2.75, 3.05) is 12.4 Å². The molecule has 0 aliphatic heterocycles. The summed E-state index contributed by atoms with van der Waals surface area (Å²) in [5.41, 5.74) is 1.28. The van der Waals surface area contributed by atoms with E-state index in [0.29, 0.717) is 13.0 Å². The van der Waals surface area contributed by atoms with Crippen molar-refractivity contribution in [2.24, 2.45) is 0 Å². The lowest BCUT2D eigenvalue weighted by Crippen LogP contribution is -2.04. The Hall–Kier alpha value is -0.740. The first-order chi connectivity index (χ1) is 8.01. The van der Waals surface area contributed by atoms with E-state index in [4.69, 9.17) is 15.4 Å². The first-order valence-corrected chi connectivity index (χ1v) is 8.13. The molecule has 0 unspecified atom stereocenters. The van der Waals surface area contributed by atoms with Crippen molar-refractivity contribution >= 4 is 19.7 Å². The average Bonchev–Trinajstić information content (AvgIpc) is 2.26. The highest BCUT2D eigenvalue weighted by Crippen LogP contribution is 2.13. The maximum atomic E-state index is 10.7. The lowest BCUT2D eigenvalue weighted by Gasteiger charge is -2.06. The Morgan fingerprint density at radius 2 is 1.88 bits per heavy atom. The number of hydrogen-bond donors (Lipinski definition) is 0. The molecule has 1 aromatic carbocycles. The first-order valence-electron chi connectivity index (χ1n) is 5.65. The van der Waals surface area contributed by atoms with Crippen molar-refractivity contribution in [1.82, 2.24) is 0 Å². The molecule has 0 aliphatic carbocycles. The second kappa shape index (κ2) is 6.87. The molecule has 0 aliphatic rings. The fraction of sp³-hybridized carbons (Fsp3) is 0.500. The molecule has 0 atom stereocenters. The number of benzene rings is 1. The maximum absolute atomic E-state index is 10.7. The molecule has 0 saturated heterocycles. The van der Waals surface area contributed by atoms with E-state index in [2.05, 4.69) is 6.92 Å². The van der Waals surface area contributed by atoms with Crippen LogP contribution in [0.4, 0.5) is 0 Å². The van der Waals surface area contributed by atoms with Crippen molar-refractivity contribution in [1.29, 1.82) is 0 Å². The summed E-state index contributed by atoms with van der Waals surface area (Å²) in [7, 11) is 1.69. The molecule has 0 saturated carbocycles. The minimum Gasteiger partial charge on any atom is -0.494 e. The van der Waals surface area contributed by atoms with Crippen LogP contribution in [-0.4, -0.2) is 20.8 Å². The third-order valence-electron chi connectivity index (χ3n) is 2.26. The highest BCUT2D eigenvalue weighted by molar-refractivity contribution is 8.13. The number of hydrogen-bond acceptors (Lipinski definition) is 3. The van der Waals surface area contributed by atoms with E-state index in [-0.39, 0.29) is 5.75 Å². The second-order valence-electron chi connectivity index (χ2n) is 3.84. The molecule has 3 nitrogen and oxygen atoms in total. The molecule has 0 fully saturated rings. The number of ether oxygens (including phenoxy) is 1. The Balaban J connectivity index is 2.32. The van der Waals surface area contributed by atoms with Gasteiger partial charge in [0.05, 0.1) is 12.4 Å². The Labute approximate surface area is 107 Å². The highest BCUT2D eigenvalue weighted by atomic mass is 35.7. The van der Waals surface area contributed by atoms with E-state index in [9.17, 15) is 8.42 Å². The summed E-state index contributed by atoms with van der Waals surface area (Å²) in [6, 6.07) is 7.86. The standard InChI is InChI=1S/C12H17ClO3S/c1-2-4-11-5-7-12(8-6-11)16-9-3-10-17(13,14)15/h5-8H,2-4,9-10H2,1H3. The number of halogens is 1. The van der Waals surface area contributed by atoms with Crippen LogP contribution in [0.25, 0.3) is 0 Å². The van der Waals surface area contributed by atoms with Gasteiger partial charge in [0.25, 0.3) is 0 Å². The van der Waals surface area contributed by atoms with Crippen molar-refractivity contribution < 1.29 is 13.2 Å². The fourth-order valence-corrected chi connectivity index (χ4v) is 2.25. The zero-order chi connectivity index (χ0) is 12.7. The minimum atomic E-state index is -3.40. The van der Waals surface area contributed by atoms with Crippen molar-refractivity contribution in [3.8, 4) is 5.75 Å². The van der Waals surface area contributed by atoms with Gasteiger partial charge in [-0.25, -0.2) is 8.42 Å². The van der Waals surface area contributed by atoms with Crippen LogP contribution >= 0.6 is 10.7 Å². The predicted molar refractivity (Wildman–Crippen MR) is 70.2 cm³/mol. The van der Waals surface area contributed by atoms with E-state index in [1.807, 2.05) is 24.3 Å². The van der Waals surface area contributed by atoms with Crippen LogP contribution < -0.4 is 4.74 Å². The zero-order valence-electron chi connectivity index (χ0n) is 9.86. The van der Waals surface area contributed by atoms with Gasteiger partial charge in [-0.3, -0.25) is 0 Å². The Morgan fingerprint density at radius 3 is 2.41 bits per heavy atom. The molecule has 0 heterocycles. The van der Waals surface area contributed by atoms with Crippen LogP contribution in [-0.2, 0) is 15.5 Å². The number of rotatable bonds is 7. The van der Waals surface area contributed by atoms with Gasteiger partial charge in [0.1, 0.15) is 5.75 Å². The van der Waals surface area contributed by atoms with E-state index in [0.717, 1.165) is 18.6 Å². The quantitative estimate of drug-likeness (QED) is 0.568. The minimum absolute atomic E-state index is 0.0531. The maximum Gasteiger partial charge on any atom is 0.232 e. The molecule has 5 heteroatoms. The molecule has 17 heavy (non-hydrogen) atoms. The summed E-state index contributed by atoms with van der Waals surface area (Å²) in [4.78, 5) is 0. The van der Waals surface area contributed by atoms with E-state index >= 15 is 0 Å². The van der Waals surface area contributed by atoms with Gasteiger partial charge in [-0.15, -0.1) is 0 Å². The van der Waals surface area contributed by atoms with E-state index in [1.54, 1.807) is 0 Å². The summed E-state index contributed by atoms with van der Waals surface area (Å²) in [6.07, 6.45) is 2.58. The Bertz CT molecular complexity index is 426. The first kappa shape index (κ1) is 14.3. The van der Waals surface area contributed by atoms with Crippen LogP contribution in [0.5, 0.6) is 5.75 Å². The predicted octanol–water partition coefficient (Wildman–Crippen LogP) is 2.98. The summed E-state index contributed by atoms with van der Waals surface area (Å²) >= 11 is 0. The summed E-state index contributed by atoms with van der Waals surface area (Å²) in [6.45, 7) is 2.50. The second-order valence-corrected chi connectivity index (χ2v) is 6.74. The van der Waals surface area contributed by atoms with Gasteiger partial charge in [0.15, 0.2) is 0 Å². The van der Waals surface area contributed by atoms with Crippen LogP contribution in [0.2, 0.25) is 0 Å². The van der Waals surface area contributed by atoms with E-state index in [1.165, 1.54) is 5.56 Å². The SMILES string of the molecule is CCCc1ccc(OCCCS(=O)(=O)Cl)cc1. The van der Waals surface area contributed by atoms with Gasteiger partial charge in [0.2, 0.25) is 9.05 Å². The van der Waals surface area contributed by atoms with Crippen LogP contribution in [0, 0.1) is 0 Å². The molecular weight excluding hydrogens is 260 g/mol. The summed E-state index contributed by atoms with van der Waals surface area (Å²) in [5, 5.41) is 0. The molecule has 0 radical (unpaired) electrons. The molecule has 1 rings (SSSR count). The molecule has 0 spiro atoms. The molecule has 0 N–H and O–H groups in total. The third kappa shape index (κ3) is 6.54. The van der Waals surface area contributed by atoms with Crippen molar-refractivity contribution in [3.05, 3.63) is 29.8 Å².